The Bertz CT molecular complexity index is 1030. The molecule has 0 aromatic carbocycles. The number of nitrogens with zero attached hydrogens (tertiary/aromatic N) is 1. The van der Waals surface area contributed by atoms with Crippen LogP contribution in [0.3, 0.4) is 0 Å². The van der Waals surface area contributed by atoms with E-state index in [2.05, 4.69) is 40.7 Å². The molecule has 4 aliphatic rings. The zero-order valence-electron chi connectivity index (χ0n) is 28.0. The van der Waals surface area contributed by atoms with Crippen molar-refractivity contribution in [2.24, 2.45) is 52.1 Å². The van der Waals surface area contributed by atoms with E-state index in [0.29, 0.717) is 23.7 Å². The van der Waals surface area contributed by atoms with Crippen LogP contribution >= 0.6 is 0 Å². The summed E-state index contributed by atoms with van der Waals surface area (Å²) in [7, 11) is -0.0678. The number of fused-ring (bicyclic) bond motifs is 5. The van der Waals surface area contributed by atoms with Gasteiger partial charge in [-0.05, 0) is 131 Å². The van der Waals surface area contributed by atoms with Crippen molar-refractivity contribution in [3.05, 3.63) is 11.6 Å². The van der Waals surface area contributed by atoms with Gasteiger partial charge in [-0.3, -0.25) is 4.55 Å². The van der Waals surface area contributed by atoms with Gasteiger partial charge in [0.05, 0.1) is 11.9 Å². The summed E-state index contributed by atoms with van der Waals surface area (Å²) in [5, 5.41) is 0. The van der Waals surface area contributed by atoms with Crippen molar-refractivity contribution < 1.29 is 17.7 Å². The van der Waals surface area contributed by atoms with E-state index >= 15 is 0 Å². The number of nitrogens with two attached hydrogens (primary N) is 1. The number of allylic oxidation sites excluding steroid dienone is 1. The second kappa shape index (κ2) is 13.9. The summed E-state index contributed by atoms with van der Waals surface area (Å²) in [5.74, 6) is 4.89. The Labute approximate surface area is 258 Å². The van der Waals surface area contributed by atoms with Crippen molar-refractivity contribution in [3.8, 4) is 0 Å². The minimum absolute atomic E-state index is 0.0457. The molecule has 0 radical (unpaired) electrons. The lowest BCUT2D eigenvalue weighted by molar-refractivity contribution is -0.0763. The molecular weight excluding hydrogens is 544 g/mol. The fraction of sp³-hybridized carbons (Fsp3) is 0.943. The standard InChI is InChI=1S/C35H64N2O4S/c1-24(2)9-8-10-25(3)30-14-15-31-29-13-11-26-23-28(17-20-34(26,4)32(29)18-21-35(30,31)5)41-33(36)16-12-27(37(6)7)19-22-42(38,39)40/h11,24-25,27-33H,8-10,12-23,36H2,1-7H3,(H,38,39,40)/t25-,27?,28+,29+,30-,31+,32+,33?,34+,35-/m1/s1. The van der Waals surface area contributed by atoms with E-state index in [9.17, 15) is 8.42 Å². The number of hydrogen-bond donors (Lipinski definition) is 2. The highest BCUT2D eigenvalue weighted by atomic mass is 32.2. The summed E-state index contributed by atoms with van der Waals surface area (Å²) in [6.07, 6.45) is 18.7. The first kappa shape index (κ1) is 34.4. The van der Waals surface area contributed by atoms with Gasteiger partial charge in [-0.1, -0.05) is 65.5 Å². The molecule has 6 nitrogen and oxygen atoms in total. The van der Waals surface area contributed by atoms with Gasteiger partial charge in [0.15, 0.2) is 0 Å². The maximum absolute atomic E-state index is 11.2. The van der Waals surface area contributed by atoms with E-state index in [1.54, 1.807) is 5.57 Å². The molecule has 4 rings (SSSR count). The van der Waals surface area contributed by atoms with Crippen molar-refractivity contribution in [2.75, 3.05) is 19.8 Å². The quantitative estimate of drug-likeness (QED) is 0.119. The summed E-state index contributed by atoms with van der Waals surface area (Å²) in [6.45, 7) is 12.5. The molecule has 3 fully saturated rings. The van der Waals surface area contributed by atoms with Crippen LogP contribution in [0.1, 0.15) is 125 Å². The lowest BCUT2D eigenvalue weighted by Gasteiger charge is -2.58. The lowest BCUT2D eigenvalue weighted by Crippen LogP contribution is -2.51. The Morgan fingerprint density at radius 3 is 2.40 bits per heavy atom. The zero-order chi connectivity index (χ0) is 30.9. The van der Waals surface area contributed by atoms with Crippen molar-refractivity contribution in [3.63, 3.8) is 0 Å². The van der Waals surface area contributed by atoms with Crippen molar-refractivity contribution in [1.82, 2.24) is 4.90 Å². The first-order valence-electron chi connectivity index (χ1n) is 17.4. The highest BCUT2D eigenvalue weighted by Gasteiger charge is 2.59. The van der Waals surface area contributed by atoms with Crippen LogP contribution in [0.2, 0.25) is 0 Å². The highest BCUT2D eigenvalue weighted by Crippen LogP contribution is 2.67. The van der Waals surface area contributed by atoms with Gasteiger partial charge < -0.3 is 15.4 Å². The molecular formula is C35H64N2O4S. The monoisotopic (exact) mass is 608 g/mol. The Kier molecular flexibility index (Phi) is 11.4. The van der Waals surface area contributed by atoms with Gasteiger partial charge >= 0.3 is 0 Å². The van der Waals surface area contributed by atoms with E-state index in [0.717, 1.165) is 54.8 Å². The van der Waals surface area contributed by atoms with Gasteiger partial charge in [-0.2, -0.15) is 8.42 Å². The van der Waals surface area contributed by atoms with Crippen LogP contribution in [-0.4, -0.2) is 56.1 Å². The number of hydrogen-bond acceptors (Lipinski definition) is 5. The third-order valence-electron chi connectivity index (χ3n) is 12.9. The van der Waals surface area contributed by atoms with Gasteiger partial charge in [0.25, 0.3) is 10.1 Å². The molecule has 0 saturated heterocycles. The minimum atomic E-state index is -3.96. The fourth-order valence-corrected chi connectivity index (χ4v) is 11.0. The van der Waals surface area contributed by atoms with Crippen molar-refractivity contribution in [1.29, 1.82) is 0 Å². The molecule has 0 aromatic heterocycles. The second-order valence-electron chi connectivity index (χ2n) is 16.1. The lowest BCUT2D eigenvalue weighted by atomic mass is 9.47. The van der Waals surface area contributed by atoms with Crippen LogP contribution in [0.25, 0.3) is 0 Å². The van der Waals surface area contributed by atoms with E-state index in [4.69, 9.17) is 15.0 Å². The fourth-order valence-electron chi connectivity index (χ4n) is 10.4. The molecule has 4 aliphatic carbocycles. The largest absolute Gasteiger partial charge is 0.360 e. The molecule has 42 heavy (non-hydrogen) atoms. The molecule has 0 spiro atoms. The van der Waals surface area contributed by atoms with Crippen LogP contribution in [0, 0.1) is 46.3 Å². The van der Waals surface area contributed by atoms with Crippen molar-refractivity contribution in [2.45, 2.75) is 143 Å². The predicted molar refractivity (Wildman–Crippen MR) is 174 cm³/mol. The maximum atomic E-state index is 11.2. The normalized spacial score (nSPS) is 37.1. The Hall–Kier alpha value is -0.470. The Morgan fingerprint density at radius 2 is 1.74 bits per heavy atom. The van der Waals surface area contributed by atoms with Crippen LogP contribution in [0.5, 0.6) is 0 Å². The molecule has 0 bridgehead atoms. The Morgan fingerprint density at radius 1 is 1.00 bits per heavy atom. The van der Waals surface area contributed by atoms with E-state index in [1.807, 2.05) is 19.0 Å². The average Bonchev–Trinajstić information content (AvgIpc) is 3.25. The molecule has 0 aliphatic heterocycles. The SMILES string of the molecule is CC(C)CCC[C@@H](C)[C@H]1CC[C@H]2[C@@H]3CC=C4C[C@@H](OC(N)CCC(CCS(=O)(=O)O)N(C)C)CC[C@]4(C)[C@H]3CC[C@]12C. The highest BCUT2D eigenvalue weighted by molar-refractivity contribution is 7.85. The third kappa shape index (κ3) is 7.84. The second-order valence-corrected chi connectivity index (χ2v) is 17.7. The van der Waals surface area contributed by atoms with Gasteiger partial charge in [0.1, 0.15) is 6.23 Å². The smallest absolute Gasteiger partial charge is 0.264 e. The summed E-state index contributed by atoms with van der Waals surface area (Å²) in [4.78, 5) is 2.02. The summed E-state index contributed by atoms with van der Waals surface area (Å²) < 4.78 is 38.1. The maximum Gasteiger partial charge on any atom is 0.264 e. The summed E-state index contributed by atoms with van der Waals surface area (Å²) in [5.41, 5.74) is 8.93. The average molecular weight is 609 g/mol. The number of ether oxygens (including phenoxy) is 1. The molecule has 0 aromatic rings. The van der Waals surface area contributed by atoms with E-state index in [-0.39, 0.29) is 24.1 Å². The van der Waals surface area contributed by atoms with E-state index in [1.165, 1.54) is 57.8 Å². The third-order valence-corrected chi connectivity index (χ3v) is 13.6. The molecule has 0 heterocycles. The van der Waals surface area contributed by atoms with Gasteiger partial charge in [0, 0.05) is 6.04 Å². The summed E-state index contributed by atoms with van der Waals surface area (Å²) >= 11 is 0. The van der Waals surface area contributed by atoms with Crippen LogP contribution < -0.4 is 5.73 Å². The van der Waals surface area contributed by atoms with Gasteiger partial charge in [0.2, 0.25) is 0 Å². The molecule has 2 unspecified atom stereocenters. The minimum Gasteiger partial charge on any atom is -0.360 e. The molecule has 3 N–H and O–H groups in total. The topological polar surface area (TPSA) is 92.9 Å². The molecule has 7 heteroatoms. The number of rotatable bonds is 14. The first-order valence-corrected chi connectivity index (χ1v) is 19.0. The van der Waals surface area contributed by atoms with Crippen LogP contribution in [-0.2, 0) is 14.9 Å². The van der Waals surface area contributed by atoms with Crippen LogP contribution in [0.15, 0.2) is 11.6 Å². The van der Waals surface area contributed by atoms with E-state index < -0.39 is 10.1 Å². The summed E-state index contributed by atoms with van der Waals surface area (Å²) in [6, 6.07) is 0.0457. The predicted octanol–water partition coefficient (Wildman–Crippen LogP) is 7.69. The molecule has 3 saturated carbocycles. The molecule has 10 atom stereocenters. The molecule has 244 valence electrons. The zero-order valence-corrected chi connectivity index (χ0v) is 28.8. The van der Waals surface area contributed by atoms with Gasteiger partial charge in [-0.15, -0.1) is 0 Å². The molecule has 0 amide bonds. The first-order chi connectivity index (χ1) is 19.6. The Balaban J connectivity index is 1.33. The van der Waals surface area contributed by atoms with Crippen LogP contribution in [0.4, 0.5) is 0 Å². The van der Waals surface area contributed by atoms with Gasteiger partial charge in [-0.25, -0.2) is 0 Å². The van der Waals surface area contributed by atoms with Crippen molar-refractivity contribution >= 4 is 10.1 Å².